The van der Waals surface area contributed by atoms with Gasteiger partial charge >= 0.3 is 5.69 Å². The summed E-state index contributed by atoms with van der Waals surface area (Å²) in [6.45, 7) is 2.43. The van der Waals surface area contributed by atoms with Crippen LogP contribution in [0.3, 0.4) is 0 Å². The molecule has 0 aromatic carbocycles. The molecule has 1 fully saturated rings. The molecule has 2 rings (SSSR count). The lowest BCUT2D eigenvalue weighted by Gasteiger charge is -2.35. The Labute approximate surface area is 116 Å². The van der Waals surface area contributed by atoms with Crippen LogP contribution in [0.25, 0.3) is 0 Å². The van der Waals surface area contributed by atoms with Gasteiger partial charge in [-0.15, -0.1) is 0 Å². The Hall–Kier alpha value is -2.18. The number of aryl methyl sites for hydroxylation is 1. The first-order valence-corrected chi connectivity index (χ1v) is 6.65. The predicted octanol–water partition coefficient (Wildman–Crippen LogP) is 1.53. The van der Waals surface area contributed by atoms with Crippen molar-refractivity contribution in [2.24, 2.45) is 5.73 Å². The lowest BCUT2D eigenvalue weighted by atomic mass is 9.99. The summed E-state index contributed by atoms with van der Waals surface area (Å²) in [7, 11) is 0. The molecule has 0 spiro atoms. The average Bonchev–Trinajstić information content (AvgIpc) is 2.39. The maximum Gasteiger partial charge on any atom is 0.311 e. The van der Waals surface area contributed by atoms with E-state index in [1.54, 1.807) is 13.1 Å². The van der Waals surface area contributed by atoms with Gasteiger partial charge in [-0.25, -0.2) is 4.98 Å². The molecule has 108 valence electrons. The highest BCUT2D eigenvalue weighted by atomic mass is 16.6. The number of hydrogen-bond acceptors (Lipinski definition) is 5. The van der Waals surface area contributed by atoms with Crippen LogP contribution >= 0.6 is 0 Å². The summed E-state index contributed by atoms with van der Waals surface area (Å²) in [4.78, 5) is 28.0. The van der Waals surface area contributed by atoms with Gasteiger partial charge in [0.15, 0.2) is 0 Å². The van der Waals surface area contributed by atoms with Crippen molar-refractivity contribution in [2.45, 2.75) is 38.6 Å². The van der Waals surface area contributed by atoms with Gasteiger partial charge in [-0.05, 0) is 31.7 Å². The van der Waals surface area contributed by atoms with Crippen LogP contribution in [0.5, 0.6) is 0 Å². The van der Waals surface area contributed by atoms with Crippen molar-refractivity contribution >= 4 is 17.4 Å². The summed E-state index contributed by atoms with van der Waals surface area (Å²) in [6.07, 6.45) is 4.54. The second kappa shape index (κ2) is 5.85. The van der Waals surface area contributed by atoms with E-state index in [9.17, 15) is 14.9 Å². The zero-order valence-corrected chi connectivity index (χ0v) is 11.4. The van der Waals surface area contributed by atoms with Crippen LogP contribution in [-0.4, -0.2) is 28.4 Å². The zero-order chi connectivity index (χ0) is 14.7. The van der Waals surface area contributed by atoms with Crippen LogP contribution in [0.4, 0.5) is 11.5 Å². The summed E-state index contributed by atoms with van der Waals surface area (Å²) in [5.41, 5.74) is 5.99. The Morgan fingerprint density at radius 2 is 2.35 bits per heavy atom. The Balaban J connectivity index is 2.36. The first-order chi connectivity index (χ1) is 9.49. The zero-order valence-electron chi connectivity index (χ0n) is 11.4. The number of carbonyl (C=O) groups is 1. The average molecular weight is 278 g/mol. The number of pyridine rings is 1. The first-order valence-electron chi connectivity index (χ1n) is 6.65. The topological polar surface area (TPSA) is 102 Å². The van der Waals surface area contributed by atoms with Crippen molar-refractivity contribution in [2.75, 3.05) is 11.4 Å². The van der Waals surface area contributed by atoms with Gasteiger partial charge in [-0.2, -0.15) is 0 Å². The molecule has 7 heteroatoms. The third kappa shape index (κ3) is 3.04. The molecule has 20 heavy (non-hydrogen) atoms. The van der Waals surface area contributed by atoms with E-state index in [1.807, 2.05) is 4.90 Å². The van der Waals surface area contributed by atoms with Crippen LogP contribution in [-0.2, 0) is 4.79 Å². The number of nitrogens with two attached hydrogens (primary N) is 1. The van der Waals surface area contributed by atoms with E-state index < -0.39 is 10.8 Å². The Kier molecular flexibility index (Phi) is 4.16. The van der Waals surface area contributed by atoms with Crippen molar-refractivity contribution in [3.05, 3.63) is 27.9 Å². The fraction of sp³-hybridized carbons (Fsp3) is 0.538. The highest BCUT2D eigenvalue weighted by Crippen LogP contribution is 2.32. The summed E-state index contributed by atoms with van der Waals surface area (Å²) in [5.74, 6) is -0.0526. The molecule has 2 heterocycles. The molecule has 2 N–H and O–H groups in total. The van der Waals surface area contributed by atoms with Gasteiger partial charge in [0, 0.05) is 31.3 Å². The molecular weight excluding hydrogens is 260 g/mol. The summed E-state index contributed by atoms with van der Waals surface area (Å²) >= 11 is 0. The third-order valence-corrected chi connectivity index (χ3v) is 3.52. The number of aromatic nitrogens is 1. The lowest BCUT2D eigenvalue weighted by molar-refractivity contribution is -0.384. The number of piperidine rings is 1. The van der Waals surface area contributed by atoms with Crippen molar-refractivity contribution < 1.29 is 9.72 Å². The largest absolute Gasteiger partial charge is 0.370 e. The fourth-order valence-corrected chi connectivity index (χ4v) is 2.63. The first kappa shape index (κ1) is 14.2. The third-order valence-electron chi connectivity index (χ3n) is 3.52. The standard InChI is InChI=1S/C13H18N4O3/c1-9-6-11(17(19)20)13(15-8-9)16-5-3-2-4-10(16)7-12(14)18/h6,8,10H,2-5,7H2,1H3,(H2,14,18)/t10-/m0/s1. The van der Waals surface area contributed by atoms with Crippen LogP contribution < -0.4 is 10.6 Å². The molecule has 1 amide bonds. The highest BCUT2D eigenvalue weighted by Gasteiger charge is 2.30. The van der Waals surface area contributed by atoms with E-state index in [-0.39, 0.29) is 18.2 Å². The number of nitrogens with zero attached hydrogens (tertiary/aromatic N) is 3. The molecular formula is C13H18N4O3. The van der Waals surface area contributed by atoms with Crippen LogP contribution in [0, 0.1) is 17.0 Å². The lowest BCUT2D eigenvalue weighted by Crippen LogP contribution is -2.42. The maximum absolute atomic E-state index is 11.2. The molecule has 1 aliphatic rings. The highest BCUT2D eigenvalue weighted by molar-refractivity contribution is 5.75. The van der Waals surface area contributed by atoms with E-state index in [0.29, 0.717) is 12.4 Å². The molecule has 1 aliphatic heterocycles. The number of anilines is 1. The quantitative estimate of drug-likeness (QED) is 0.664. The van der Waals surface area contributed by atoms with Gasteiger partial charge in [0.1, 0.15) is 0 Å². The Morgan fingerprint density at radius 1 is 1.60 bits per heavy atom. The molecule has 0 aliphatic carbocycles. The molecule has 0 unspecified atom stereocenters. The molecule has 1 atom stereocenters. The van der Waals surface area contributed by atoms with Crippen molar-refractivity contribution in [1.82, 2.24) is 4.98 Å². The summed E-state index contributed by atoms with van der Waals surface area (Å²) in [6, 6.07) is 1.41. The van der Waals surface area contributed by atoms with Crippen LogP contribution in [0.2, 0.25) is 0 Å². The molecule has 0 radical (unpaired) electrons. The predicted molar refractivity (Wildman–Crippen MR) is 74.4 cm³/mol. The SMILES string of the molecule is Cc1cnc(N2CCCC[C@H]2CC(N)=O)c([N+](=O)[O-])c1. The van der Waals surface area contributed by atoms with Gasteiger partial charge in [0.25, 0.3) is 0 Å². The van der Waals surface area contributed by atoms with Gasteiger partial charge < -0.3 is 10.6 Å². The summed E-state index contributed by atoms with van der Waals surface area (Å²) in [5, 5.41) is 11.2. The molecule has 1 saturated heterocycles. The molecule has 7 nitrogen and oxygen atoms in total. The molecule has 0 bridgehead atoms. The van der Waals surface area contributed by atoms with E-state index >= 15 is 0 Å². The van der Waals surface area contributed by atoms with E-state index in [4.69, 9.17) is 5.73 Å². The summed E-state index contributed by atoms with van der Waals surface area (Å²) < 4.78 is 0. The van der Waals surface area contributed by atoms with Gasteiger partial charge in [-0.1, -0.05) is 0 Å². The number of rotatable bonds is 4. The maximum atomic E-state index is 11.2. The molecule has 1 aromatic heterocycles. The van der Waals surface area contributed by atoms with Crippen LogP contribution in [0.15, 0.2) is 12.3 Å². The normalized spacial score (nSPS) is 18.9. The van der Waals surface area contributed by atoms with E-state index in [1.165, 1.54) is 6.07 Å². The van der Waals surface area contributed by atoms with Crippen LogP contribution in [0.1, 0.15) is 31.2 Å². The molecule has 1 aromatic rings. The number of nitro groups is 1. The van der Waals surface area contributed by atoms with E-state index in [2.05, 4.69) is 4.98 Å². The Morgan fingerprint density at radius 3 is 3.00 bits per heavy atom. The van der Waals surface area contributed by atoms with Crippen molar-refractivity contribution in [3.63, 3.8) is 0 Å². The van der Waals surface area contributed by atoms with Gasteiger partial charge in [-0.3, -0.25) is 14.9 Å². The number of hydrogen-bond donors (Lipinski definition) is 1. The monoisotopic (exact) mass is 278 g/mol. The Bertz CT molecular complexity index is 532. The number of amides is 1. The van der Waals surface area contributed by atoms with Gasteiger partial charge in [0.05, 0.1) is 4.92 Å². The second-order valence-electron chi connectivity index (χ2n) is 5.13. The van der Waals surface area contributed by atoms with Gasteiger partial charge in [0.2, 0.25) is 11.7 Å². The van der Waals surface area contributed by atoms with Crippen molar-refractivity contribution in [3.8, 4) is 0 Å². The fourth-order valence-electron chi connectivity index (χ4n) is 2.63. The minimum Gasteiger partial charge on any atom is -0.370 e. The smallest absolute Gasteiger partial charge is 0.311 e. The minimum atomic E-state index is -0.425. The number of carbonyl (C=O) groups excluding carboxylic acids is 1. The molecule has 0 saturated carbocycles. The minimum absolute atomic E-state index is 0.0126. The second-order valence-corrected chi connectivity index (χ2v) is 5.13. The van der Waals surface area contributed by atoms with Crippen molar-refractivity contribution in [1.29, 1.82) is 0 Å². The number of primary amides is 1. The van der Waals surface area contributed by atoms with E-state index in [0.717, 1.165) is 24.8 Å².